The van der Waals surface area contributed by atoms with E-state index in [4.69, 9.17) is 4.42 Å². The third kappa shape index (κ3) is 3.20. The smallest absolute Gasteiger partial charge is 0.132 e. The normalized spacial score (nSPS) is 18.3. The predicted molar refractivity (Wildman–Crippen MR) is 57.4 cm³/mol. The SMILES string of the molecule is O=C1CCC(CNCc2ccco2)CC1. The molecular formula is C12H17NO2. The highest BCUT2D eigenvalue weighted by Crippen LogP contribution is 2.20. The first-order chi connectivity index (χ1) is 7.34. The van der Waals surface area contributed by atoms with Gasteiger partial charge < -0.3 is 9.73 Å². The Morgan fingerprint density at radius 3 is 2.87 bits per heavy atom. The average molecular weight is 207 g/mol. The Morgan fingerprint density at radius 2 is 2.20 bits per heavy atom. The fourth-order valence-electron chi connectivity index (χ4n) is 2.02. The standard InChI is InChI=1S/C12H17NO2/c14-11-5-3-10(4-6-11)8-13-9-12-2-1-7-15-12/h1-2,7,10,13H,3-6,8-9H2. The van der Waals surface area contributed by atoms with Gasteiger partial charge in [0.05, 0.1) is 12.8 Å². The molecular weight excluding hydrogens is 190 g/mol. The lowest BCUT2D eigenvalue weighted by atomic mass is 9.88. The number of nitrogens with one attached hydrogen (secondary N) is 1. The van der Waals surface area contributed by atoms with E-state index in [0.29, 0.717) is 11.7 Å². The van der Waals surface area contributed by atoms with Crippen molar-refractivity contribution >= 4 is 5.78 Å². The molecule has 3 heteroatoms. The van der Waals surface area contributed by atoms with Crippen LogP contribution in [0.25, 0.3) is 0 Å². The molecule has 0 spiro atoms. The maximum atomic E-state index is 11.0. The summed E-state index contributed by atoms with van der Waals surface area (Å²) < 4.78 is 5.22. The third-order valence-electron chi connectivity index (χ3n) is 2.98. The van der Waals surface area contributed by atoms with Crippen molar-refractivity contribution in [1.29, 1.82) is 0 Å². The van der Waals surface area contributed by atoms with Crippen LogP contribution in [-0.4, -0.2) is 12.3 Å². The number of ketones is 1. The zero-order valence-corrected chi connectivity index (χ0v) is 8.87. The third-order valence-corrected chi connectivity index (χ3v) is 2.98. The van der Waals surface area contributed by atoms with Crippen molar-refractivity contribution in [3.8, 4) is 0 Å². The molecule has 0 amide bonds. The molecule has 1 aliphatic carbocycles. The van der Waals surface area contributed by atoms with Gasteiger partial charge in [-0.1, -0.05) is 0 Å². The molecule has 0 radical (unpaired) electrons. The lowest BCUT2D eigenvalue weighted by molar-refractivity contribution is -0.120. The monoisotopic (exact) mass is 207 g/mol. The molecule has 1 fully saturated rings. The van der Waals surface area contributed by atoms with Gasteiger partial charge in [-0.3, -0.25) is 4.79 Å². The first kappa shape index (κ1) is 10.4. The summed E-state index contributed by atoms with van der Waals surface area (Å²) in [4.78, 5) is 11.0. The zero-order valence-electron chi connectivity index (χ0n) is 8.87. The van der Waals surface area contributed by atoms with Crippen molar-refractivity contribution in [1.82, 2.24) is 5.32 Å². The van der Waals surface area contributed by atoms with Gasteiger partial charge in [-0.25, -0.2) is 0 Å². The Labute approximate surface area is 89.9 Å². The summed E-state index contributed by atoms with van der Waals surface area (Å²) in [6, 6.07) is 3.87. The van der Waals surface area contributed by atoms with Gasteiger partial charge in [0.2, 0.25) is 0 Å². The minimum Gasteiger partial charge on any atom is -0.468 e. The van der Waals surface area contributed by atoms with E-state index in [1.807, 2.05) is 12.1 Å². The van der Waals surface area contributed by atoms with Crippen LogP contribution < -0.4 is 5.32 Å². The molecule has 1 heterocycles. The van der Waals surface area contributed by atoms with Crippen LogP contribution in [0.2, 0.25) is 0 Å². The first-order valence-electron chi connectivity index (χ1n) is 5.59. The Morgan fingerprint density at radius 1 is 1.40 bits per heavy atom. The van der Waals surface area contributed by atoms with Crippen molar-refractivity contribution in [2.24, 2.45) is 5.92 Å². The highest BCUT2D eigenvalue weighted by atomic mass is 16.3. The van der Waals surface area contributed by atoms with E-state index in [1.54, 1.807) is 6.26 Å². The molecule has 0 aromatic carbocycles. The maximum Gasteiger partial charge on any atom is 0.132 e. The van der Waals surface area contributed by atoms with E-state index in [9.17, 15) is 4.79 Å². The summed E-state index contributed by atoms with van der Waals surface area (Å²) in [5.41, 5.74) is 0. The van der Waals surface area contributed by atoms with E-state index in [2.05, 4.69) is 5.32 Å². The highest BCUT2D eigenvalue weighted by molar-refractivity contribution is 5.79. The summed E-state index contributed by atoms with van der Waals surface area (Å²) in [7, 11) is 0. The van der Waals surface area contributed by atoms with E-state index < -0.39 is 0 Å². The Bertz CT molecular complexity index is 295. The van der Waals surface area contributed by atoms with E-state index in [1.165, 1.54) is 0 Å². The molecule has 1 aromatic heterocycles. The summed E-state index contributed by atoms with van der Waals surface area (Å²) in [6.45, 7) is 1.78. The largest absolute Gasteiger partial charge is 0.468 e. The van der Waals surface area contributed by atoms with Crippen LogP contribution in [0.1, 0.15) is 31.4 Å². The molecule has 0 atom stereocenters. The number of rotatable bonds is 4. The molecule has 1 N–H and O–H groups in total. The van der Waals surface area contributed by atoms with Gasteiger partial charge in [-0.15, -0.1) is 0 Å². The van der Waals surface area contributed by atoms with Gasteiger partial charge in [0.1, 0.15) is 11.5 Å². The minimum absolute atomic E-state index is 0.428. The summed E-state index contributed by atoms with van der Waals surface area (Å²) in [5, 5.41) is 3.37. The van der Waals surface area contributed by atoms with E-state index >= 15 is 0 Å². The van der Waals surface area contributed by atoms with Gasteiger partial charge in [0.25, 0.3) is 0 Å². The van der Waals surface area contributed by atoms with Gasteiger partial charge >= 0.3 is 0 Å². The molecule has 1 aromatic rings. The second-order valence-electron chi connectivity index (χ2n) is 4.19. The lowest BCUT2D eigenvalue weighted by Crippen LogP contribution is -2.26. The number of hydrogen-bond donors (Lipinski definition) is 1. The molecule has 3 nitrogen and oxygen atoms in total. The van der Waals surface area contributed by atoms with Crippen molar-refractivity contribution < 1.29 is 9.21 Å². The molecule has 2 rings (SSSR count). The van der Waals surface area contributed by atoms with E-state index in [-0.39, 0.29) is 0 Å². The molecule has 0 bridgehead atoms. The van der Waals surface area contributed by atoms with Crippen LogP contribution in [0.5, 0.6) is 0 Å². The minimum atomic E-state index is 0.428. The van der Waals surface area contributed by atoms with Crippen LogP contribution in [0.4, 0.5) is 0 Å². The van der Waals surface area contributed by atoms with Crippen LogP contribution in [-0.2, 0) is 11.3 Å². The average Bonchev–Trinajstić information content (AvgIpc) is 2.74. The quantitative estimate of drug-likeness (QED) is 0.822. The summed E-state index contributed by atoms with van der Waals surface area (Å²) >= 11 is 0. The lowest BCUT2D eigenvalue weighted by Gasteiger charge is -2.20. The van der Waals surface area contributed by atoms with Gasteiger partial charge in [0, 0.05) is 12.8 Å². The van der Waals surface area contributed by atoms with Crippen LogP contribution in [0.15, 0.2) is 22.8 Å². The molecule has 0 saturated heterocycles. The molecule has 82 valence electrons. The summed E-state index contributed by atoms with van der Waals surface area (Å²) in [5.74, 6) is 2.07. The number of furan rings is 1. The topological polar surface area (TPSA) is 42.2 Å². The van der Waals surface area contributed by atoms with Gasteiger partial charge in [0.15, 0.2) is 0 Å². The fourth-order valence-corrected chi connectivity index (χ4v) is 2.02. The highest BCUT2D eigenvalue weighted by Gasteiger charge is 2.17. The Balaban J connectivity index is 1.64. The van der Waals surface area contributed by atoms with Gasteiger partial charge in [-0.05, 0) is 37.4 Å². The molecule has 0 aliphatic heterocycles. The van der Waals surface area contributed by atoms with E-state index in [0.717, 1.165) is 44.5 Å². The van der Waals surface area contributed by atoms with Crippen LogP contribution in [0.3, 0.4) is 0 Å². The second-order valence-corrected chi connectivity index (χ2v) is 4.19. The maximum absolute atomic E-state index is 11.0. The molecule has 1 saturated carbocycles. The van der Waals surface area contributed by atoms with Crippen LogP contribution in [0, 0.1) is 5.92 Å². The first-order valence-corrected chi connectivity index (χ1v) is 5.59. The molecule has 15 heavy (non-hydrogen) atoms. The van der Waals surface area contributed by atoms with Gasteiger partial charge in [-0.2, -0.15) is 0 Å². The van der Waals surface area contributed by atoms with Crippen LogP contribution >= 0.6 is 0 Å². The zero-order chi connectivity index (χ0) is 10.5. The number of carbonyl (C=O) groups is 1. The van der Waals surface area contributed by atoms with Crippen molar-refractivity contribution in [3.05, 3.63) is 24.2 Å². The fraction of sp³-hybridized carbons (Fsp3) is 0.583. The number of hydrogen-bond acceptors (Lipinski definition) is 3. The number of Topliss-reactive ketones (excluding diaryl/α,β-unsaturated/α-hetero) is 1. The molecule has 1 aliphatic rings. The Kier molecular flexibility index (Phi) is 3.56. The Hall–Kier alpha value is -1.09. The predicted octanol–water partition coefficient (Wildman–Crippen LogP) is 2.13. The van der Waals surface area contributed by atoms with Crippen molar-refractivity contribution in [2.45, 2.75) is 32.2 Å². The second kappa shape index (κ2) is 5.12. The number of carbonyl (C=O) groups excluding carboxylic acids is 1. The van der Waals surface area contributed by atoms with Crippen molar-refractivity contribution in [3.63, 3.8) is 0 Å². The van der Waals surface area contributed by atoms with Crippen molar-refractivity contribution in [2.75, 3.05) is 6.54 Å². The summed E-state index contributed by atoms with van der Waals surface area (Å²) in [6.07, 6.45) is 5.32. The molecule has 0 unspecified atom stereocenters.